The fraction of sp³-hybridized carbons (Fsp3) is 0.500. The van der Waals surface area contributed by atoms with E-state index in [1.807, 2.05) is 25.1 Å². The molecule has 1 atom stereocenters. The van der Waals surface area contributed by atoms with Crippen molar-refractivity contribution >= 4 is 0 Å². The van der Waals surface area contributed by atoms with Gasteiger partial charge in [-0.3, -0.25) is 0 Å². The molecule has 0 aliphatic rings. The highest BCUT2D eigenvalue weighted by Crippen LogP contribution is 2.24. The summed E-state index contributed by atoms with van der Waals surface area (Å²) in [5.74, 6) is 0.981. The molecule has 0 saturated heterocycles. The van der Waals surface area contributed by atoms with E-state index in [2.05, 4.69) is 30.1 Å². The number of aryl methyl sites for hydroxylation is 1. The first-order chi connectivity index (χ1) is 10.1. The van der Waals surface area contributed by atoms with E-state index in [0.717, 1.165) is 18.4 Å². The minimum Gasteiger partial charge on any atom is -0.379 e. The first-order valence-electron chi connectivity index (χ1n) is 7.37. The van der Waals surface area contributed by atoms with Crippen molar-refractivity contribution in [2.75, 3.05) is 13.2 Å². The lowest BCUT2D eigenvalue weighted by atomic mass is 10.0. The molecule has 21 heavy (non-hydrogen) atoms. The maximum atomic E-state index is 6.23. The van der Waals surface area contributed by atoms with Crippen LogP contribution >= 0.6 is 0 Å². The molecule has 0 aliphatic carbocycles. The molecule has 0 bridgehead atoms. The molecule has 0 spiro atoms. The number of benzene rings is 1. The van der Waals surface area contributed by atoms with E-state index >= 15 is 0 Å². The fourth-order valence-electron chi connectivity index (χ4n) is 2.10. The molecule has 5 heteroatoms. The normalized spacial score (nSPS) is 14.1. The standard InChI is InChI=1S/C16H23N3O2/c1-4-10-20-11-16(3,17)15-18-14(21-19-15)13-9-7-6-8-12(13)5-2/h6-9H,4-5,10-11,17H2,1-3H3. The number of ether oxygens (including phenoxy) is 1. The molecular formula is C16H23N3O2. The second kappa shape index (κ2) is 6.83. The maximum Gasteiger partial charge on any atom is 0.258 e. The third-order valence-electron chi connectivity index (χ3n) is 3.32. The van der Waals surface area contributed by atoms with Crippen molar-refractivity contribution in [1.82, 2.24) is 10.1 Å². The summed E-state index contributed by atoms with van der Waals surface area (Å²) in [7, 11) is 0. The Bertz CT molecular complexity index is 578. The van der Waals surface area contributed by atoms with Gasteiger partial charge in [0.2, 0.25) is 0 Å². The van der Waals surface area contributed by atoms with Crippen molar-refractivity contribution in [2.45, 2.75) is 39.2 Å². The first-order valence-corrected chi connectivity index (χ1v) is 7.37. The predicted octanol–water partition coefficient (Wildman–Crippen LogP) is 2.90. The van der Waals surface area contributed by atoms with Crippen molar-refractivity contribution < 1.29 is 9.26 Å². The van der Waals surface area contributed by atoms with Gasteiger partial charge in [-0.1, -0.05) is 37.2 Å². The van der Waals surface area contributed by atoms with Crippen LogP contribution in [0.5, 0.6) is 0 Å². The lowest BCUT2D eigenvalue weighted by Crippen LogP contribution is -2.39. The molecule has 1 aromatic carbocycles. The molecule has 0 fully saturated rings. The molecule has 114 valence electrons. The van der Waals surface area contributed by atoms with Crippen LogP contribution in [0, 0.1) is 0 Å². The molecule has 5 nitrogen and oxygen atoms in total. The van der Waals surface area contributed by atoms with Gasteiger partial charge in [0.1, 0.15) is 5.54 Å². The van der Waals surface area contributed by atoms with E-state index in [9.17, 15) is 0 Å². The number of nitrogens with zero attached hydrogens (tertiary/aromatic N) is 2. The summed E-state index contributed by atoms with van der Waals surface area (Å²) < 4.78 is 10.9. The lowest BCUT2D eigenvalue weighted by molar-refractivity contribution is 0.0867. The van der Waals surface area contributed by atoms with Crippen LogP contribution in [0.4, 0.5) is 0 Å². The van der Waals surface area contributed by atoms with Crippen LogP contribution in [0.3, 0.4) is 0 Å². The summed E-state index contributed by atoms with van der Waals surface area (Å²) >= 11 is 0. The van der Waals surface area contributed by atoms with E-state index in [1.165, 1.54) is 5.56 Å². The van der Waals surface area contributed by atoms with Crippen molar-refractivity contribution in [3.05, 3.63) is 35.7 Å². The highest BCUT2D eigenvalue weighted by molar-refractivity contribution is 5.58. The zero-order valence-electron chi connectivity index (χ0n) is 12.9. The average molecular weight is 289 g/mol. The third kappa shape index (κ3) is 3.68. The van der Waals surface area contributed by atoms with E-state index in [1.54, 1.807) is 0 Å². The number of rotatable bonds is 7. The molecule has 1 aromatic heterocycles. The van der Waals surface area contributed by atoms with Gasteiger partial charge in [-0.15, -0.1) is 0 Å². The third-order valence-corrected chi connectivity index (χ3v) is 3.32. The van der Waals surface area contributed by atoms with Gasteiger partial charge in [0.25, 0.3) is 5.89 Å². The molecule has 2 aromatic rings. The van der Waals surface area contributed by atoms with Gasteiger partial charge in [0.05, 0.1) is 6.61 Å². The van der Waals surface area contributed by atoms with Crippen molar-refractivity contribution in [1.29, 1.82) is 0 Å². The Balaban J connectivity index is 2.21. The Labute approximate surface area is 125 Å². The summed E-state index contributed by atoms with van der Waals surface area (Å²) in [6, 6.07) is 8.01. The summed E-state index contributed by atoms with van der Waals surface area (Å²) in [5.41, 5.74) is 7.62. The largest absolute Gasteiger partial charge is 0.379 e. The minimum absolute atomic E-state index is 0.370. The first kappa shape index (κ1) is 15.7. The number of aromatic nitrogens is 2. The van der Waals surface area contributed by atoms with Crippen LogP contribution in [0.2, 0.25) is 0 Å². The van der Waals surface area contributed by atoms with Crippen molar-refractivity contribution in [3.63, 3.8) is 0 Å². The van der Waals surface area contributed by atoms with Gasteiger partial charge in [0.15, 0.2) is 5.82 Å². The minimum atomic E-state index is -0.752. The molecule has 0 radical (unpaired) electrons. The lowest BCUT2D eigenvalue weighted by Gasteiger charge is -2.19. The molecule has 0 aliphatic heterocycles. The predicted molar refractivity (Wildman–Crippen MR) is 81.8 cm³/mol. The summed E-state index contributed by atoms with van der Waals surface area (Å²) in [5, 5.41) is 4.03. The Morgan fingerprint density at radius 1 is 1.29 bits per heavy atom. The van der Waals surface area contributed by atoms with Crippen LogP contribution in [-0.4, -0.2) is 23.4 Å². The maximum absolute atomic E-state index is 6.23. The second-order valence-electron chi connectivity index (χ2n) is 5.40. The molecule has 0 saturated carbocycles. The second-order valence-corrected chi connectivity index (χ2v) is 5.40. The molecule has 1 heterocycles. The quantitative estimate of drug-likeness (QED) is 0.793. The zero-order valence-corrected chi connectivity index (χ0v) is 12.9. The fourth-order valence-corrected chi connectivity index (χ4v) is 2.10. The topological polar surface area (TPSA) is 74.2 Å². The van der Waals surface area contributed by atoms with Crippen molar-refractivity contribution in [2.24, 2.45) is 5.73 Å². The van der Waals surface area contributed by atoms with Gasteiger partial charge in [-0.2, -0.15) is 4.98 Å². The zero-order chi connectivity index (χ0) is 15.3. The van der Waals surface area contributed by atoms with E-state index < -0.39 is 5.54 Å². The number of hydrogen-bond donors (Lipinski definition) is 1. The van der Waals surface area contributed by atoms with Gasteiger partial charge in [-0.05, 0) is 31.4 Å². The van der Waals surface area contributed by atoms with E-state index in [4.69, 9.17) is 15.0 Å². The molecular weight excluding hydrogens is 266 g/mol. The van der Waals surface area contributed by atoms with Gasteiger partial charge < -0.3 is 15.0 Å². The molecule has 0 amide bonds. The Kier molecular flexibility index (Phi) is 5.09. The van der Waals surface area contributed by atoms with Gasteiger partial charge in [-0.25, -0.2) is 0 Å². The van der Waals surface area contributed by atoms with Crippen LogP contribution in [-0.2, 0) is 16.7 Å². The van der Waals surface area contributed by atoms with Crippen LogP contribution < -0.4 is 5.73 Å². The summed E-state index contributed by atoms with van der Waals surface area (Å²) in [6.07, 6.45) is 1.87. The van der Waals surface area contributed by atoms with E-state index in [-0.39, 0.29) is 0 Å². The Hall–Kier alpha value is -1.72. The van der Waals surface area contributed by atoms with Crippen LogP contribution in [0.1, 0.15) is 38.6 Å². The smallest absolute Gasteiger partial charge is 0.258 e. The monoisotopic (exact) mass is 289 g/mol. The average Bonchev–Trinajstić information content (AvgIpc) is 2.98. The van der Waals surface area contributed by atoms with E-state index in [0.29, 0.717) is 24.9 Å². The summed E-state index contributed by atoms with van der Waals surface area (Å²) in [6.45, 7) is 7.05. The van der Waals surface area contributed by atoms with Gasteiger partial charge >= 0.3 is 0 Å². The number of hydrogen-bond acceptors (Lipinski definition) is 5. The Morgan fingerprint density at radius 3 is 2.76 bits per heavy atom. The van der Waals surface area contributed by atoms with Gasteiger partial charge in [0, 0.05) is 12.2 Å². The highest BCUT2D eigenvalue weighted by Gasteiger charge is 2.28. The SMILES string of the molecule is CCCOCC(C)(N)c1noc(-c2ccccc2CC)n1. The Morgan fingerprint density at radius 2 is 2.05 bits per heavy atom. The molecule has 2 N–H and O–H groups in total. The van der Waals surface area contributed by atoms with Crippen LogP contribution in [0.15, 0.2) is 28.8 Å². The van der Waals surface area contributed by atoms with Crippen molar-refractivity contribution in [3.8, 4) is 11.5 Å². The van der Waals surface area contributed by atoms with Crippen LogP contribution in [0.25, 0.3) is 11.5 Å². The molecule has 2 rings (SSSR count). The highest BCUT2D eigenvalue weighted by atomic mass is 16.5. The molecule has 1 unspecified atom stereocenters. The number of nitrogens with two attached hydrogens (primary N) is 1. The summed E-state index contributed by atoms with van der Waals surface area (Å²) in [4.78, 5) is 4.46.